The molecular formula is C8H13N3O2S. The highest BCUT2D eigenvalue weighted by molar-refractivity contribution is 7.98. The van der Waals surface area contributed by atoms with Gasteiger partial charge in [0.15, 0.2) is 0 Å². The number of aromatic amines is 1. The minimum Gasteiger partial charge on any atom is -0.393 e. The van der Waals surface area contributed by atoms with Gasteiger partial charge in [0.1, 0.15) is 5.69 Å². The summed E-state index contributed by atoms with van der Waals surface area (Å²) in [5, 5.41) is 0. The van der Waals surface area contributed by atoms with Crippen LogP contribution in [-0.4, -0.2) is 21.6 Å². The van der Waals surface area contributed by atoms with E-state index in [-0.39, 0.29) is 5.69 Å². The number of thioether (sulfide) groups is 1. The molecule has 0 fully saturated rings. The number of aryl methyl sites for hydroxylation is 1. The van der Waals surface area contributed by atoms with E-state index in [2.05, 4.69) is 4.98 Å². The third-order valence-electron chi connectivity index (χ3n) is 1.79. The average Bonchev–Trinajstić information content (AvgIpc) is 2.14. The Morgan fingerprint density at radius 3 is 2.93 bits per heavy atom. The molecule has 5 nitrogen and oxygen atoms in total. The molecule has 0 radical (unpaired) electrons. The summed E-state index contributed by atoms with van der Waals surface area (Å²) in [5.74, 6) is 0.978. The molecule has 1 heterocycles. The van der Waals surface area contributed by atoms with Gasteiger partial charge in [0, 0.05) is 12.7 Å². The Hall–Kier alpha value is -1.17. The lowest BCUT2D eigenvalue weighted by Crippen LogP contribution is -2.31. The van der Waals surface area contributed by atoms with Crippen LogP contribution in [0.2, 0.25) is 0 Å². The van der Waals surface area contributed by atoms with E-state index >= 15 is 0 Å². The first-order chi connectivity index (χ1) is 6.65. The topological polar surface area (TPSA) is 80.9 Å². The van der Waals surface area contributed by atoms with Crippen molar-refractivity contribution in [1.29, 1.82) is 0 Å². The zero-order chi connectivity index (χ0) is 10.6. The van der Waals surface area contributed by atoms with Crippen LogP contribution < -0.4 is 17.0 Å². The second kappa shape index (κ2) is 4.90. The molecule has 0 aliphatic carbocycles. The van der Waals surface area contributed by atoms with Gasteiger partial charge in [-0.15, -0.1) is 0 Å². The number of hydrogen-bond acceptors (Lipinski definition) is 4. The lowest BCUT2D eigenvalue weighted by molar-refractivity contribution is 0.638. The lowest BCUT2D eigenvalue weighted by atomic mass is 10.4. The summed E-state index contributed by atoms with van der Waals surface area (Å²) in [6.07, 6.45) is 4.28. The van der Waals surface area contributed by atoms with E-state index in [1.165, 1.54) is 10.8 Å². The van der Waals surface area contributed by atoms with Crippen molar-refractivity contribution in [1.82, 2.24) is 9.55 Å². The number of hydrogen-bond donors (Lipinski definition) is 2. The van der Waals surface area contributed by atoms with E-state index in [1.54, 1.807) is 11.8 Å². The number of nitrogens with one attached hydrogen (secondary N) is 1. The number of nitrogen functional groups attached to an aromatic ring is 1. The molecule has 0 aliphatic heterocycles. The van der Waals surface area contributed by atoms with Gasteiger partial charge in [-0.25, -0.2) is 4.79 Å². The molecule has 6 heteroatoms. The summed E-state index contributed by atoms with van der Waals surface area (Å²) in [4.78, 5) is 24.3. The Labute approximate surface area is 85.3 Å². The SMILES string of the molecule is CSCCCn1cc(N)c(=O)[nH]c1=O. The van der Waals surface area contributed by atoms with Crippen LogP contribution >= 0.6 is 11.8 Å². The minimum atomic E-state index is -0.517. The predicted octanol–water partition coefficient (Wildman–Crippen LogP) is -0.128. The maximum absolute atomic E-state index is 11.2. The van der Waals surface area contributed by atoms with Gasteiger partial charge in [-0.2, -0.15) is 11.8 Å². The van der Waals surface area contributed by atoms with Gasteiger partial charge in [0.25, 0.3) is 5.56 Å². The molecule has 0 aliphatic rings. The monoisotopic (exact) mass is 215 g/mol. The largest absolute Gasteiger partial charge is 0.393 e. The van der Waals surface area contributed by atoms with Gasteiger partial charge in [-0.1, -0.05) is 0 Å². The van der Waals surface area contributed by atoms with Crippen LogP contribution in [0.1, 0.15) is 6.42 Å². The van der Waals surface area contributed by atoms with Crippen LogP contribution in [0.4, 0.5) is 5.69 Å². The summed E-state index contributed by atoms with van der Waals surface area (Å²) >= 11 is 1.72. The zero-order valence-electron chi connectivity index (χ0n) is 7.95. The maximum atomic E-state index is 11.2. The number of aromatic nitrogens is 2. The number of nitrogens with two attached hydrogens (primary N) is 1. The van der Waals surface area contributed by atoms with Gasteiger partial charge < -0.3 is 5.73 Å². The second-order valence-electron chi connectivity index (χ2n) is 2.88. The minimum absolute atomic E-state index is 0.0775. The first-order valence-electron chi connectivity index (χ1n) is 4.23. The summed E-state index contributed by atoms with van der Waals surface area (Å²) in [6, 6.07) is 0. The van der Waals surface area contributed by atoms with E-state index in [0.717, 1.165) is 12.2 Å². The molecule has 78 valence electrons. The Morgan fingerprint density at radius 1 is 1.57 bits per heavy atom. The molecule has 0 saturated heterocycles. The first-order valence-corrected chi connectivity index (χ1v) is 5.62. The summed E-state index contributed by atoms with van der Waals surface area (Å²) in [7, 11) is 0. The maximum Gasteiger partial charge on any atom is 0.328 e. The number of rotatable bonds is 4. The van der Waals surface area contributed by atoms with Crippen LogP contribution in [0.15, 0.2) is 15.8 Å². The van der Waals surface area contributed by atoms with Crippen molar-refractivity contribution < 1.29 is 0 Å². The smallest absolute Gasteiger partial charge is 0.328 e. The van der Waals surface area contributed by atoms with Crippen molar-refractivity contribution >= 4 is 17.4 Å². The summed E-state index contributed by atoms with van der Waals surface area (Å²) in [6.45, 7) is 0.584. The van der Waals surface area contributed by atoms with Gasteiger partial charge >= 0.3 is 5.69 Å². The number of anilines is 1. The molecule has 1 rings (SSSR count). The second-order valence-corrected chi connectivity index (χ2v) is 3.87. The molecule has 0 bridgehead atoms. The lowest BCUT2D eigenvalue weighted by Gasteiger charge is -2.04. The van der Waals surface area contributed by atoms with Crippen LogP contribution in [-0.2, 0) is 6.54 Å². The highest BCUT2D eigenvalue weighted by atomic mass is 32.2. The van der Waals surface area contributed by atoms with E-state index in [1.807, 2.05) is 6.26 Å². The van der Waals surface area contributed by atoms with Crippen LogP contribution in [0.5, 0.6) is 0 Å². The van der Waals surface area contributed by atoms with Crippen molar-refractivity contribution in [3.05, 3.63) is 27.0 Å². The van der Waals surface area contributed by atoms with Crippen LogP contribution in [0.3, 0.4) is 0 Å². The Morgan fingerprint density at radius 2 is 2.29 bits per heavy atom. The van der Waals surface area contributed by atoms with Crippen molar-refractivity contribution in [3.8, 4) is 0 Å². The zero-order valence-corrected chi connectivity index (χ0v) is 8.76. The fraction of sp³-hybridized carbons (Fsp3) is 0.500. The molecule has 14 heavy (non-hydrogen) atoms. The van der Waals surface area contributed by atoms with Gasteiger partial charge in [0.05, 0.1) is 0 Å². The molecule has 0 atom stereocenters. The van der Waals surface area contributed by atoms with Gasteiger partial charge in [-0.05, 0) is 18.4 Å². The third-order valence-corrected chi connectivity index (χ3v) is 2.48. The Bertz CT molecular complexity index is 410. The molecular weight excluding hydrogens is 202 g/mol. The fourth-order valence-corrected chi connectivity index (χ4v) is 1.49. The summed E-state index contributed by atoms with van der Waals surface area (Å²) in [5.41, 5.74) is 4.55. The molecule has 0 saturated carbocycles. The summed E-state index contributed by atoms with van der Waals surface area (Å²) < 4.78 is 1.42. The van der Waals surface area contributed by atoms with Crippen LogP contribution in [0, 0.1) is 0 Å². The standard InChI is InChI=1S/C8H13N3O2S/c1-14-4-2-3-11-5-6(9)7(12)10-8(11)13/h5H,2-4,9H2,1H3,(H,10,12,13). The van der Waals surface area contributed by atoms with Gasteiger partial charge in [0.2, 0.25) is 0 Å². The molecule has 0 spiro atoms. The molecule has 0 amide bonds. The normalized spacial score (nSPS) is 10.4. The quantitative estimate of drug-likeness (QED) is 0.686. The number of H-pyrrole nitrogens is 1. The van der Waals surface area contributed by atoms with Gasteiger partial charge in [-0.3, -0.25) is 14.3 Å². The molecule has 0 aromatic carbocycles. The highest BCUT2D eigenvalue weighted by Crippen LogP contribution is 1.97. The fourth-order valence-electron chi connectivity index (χ4n) is 1.07. The first kappa shape index (κ1) is 10.9. The average molecular weight is 215 g/mol. The molecule has 3 N–H and O–H groups in total. The van der Waals surface area contributed by atoms with E-state index in [4.69, 9.17) is 5.73 Å². The predicted molar refractivity (Wildman–Crippen MR) is 58.7 cm³/mol. The van der Waals surface area contributed by atoms with E-state index in [0.29, 0.717) is 6.54 Å². The van der Waals surface area contributed by atoms with Crippen molar-refractivity contribution in [3.63, 3.8) is 0 Å². The van der Waals surface area contributed by atoms with Crippen molar-refractivity contribution in [2.75, 3.05) is 17.7 Å². The molecule has 1 aromatic rings. The van der Waals surface area contributed by atoms with E-state index < -0.39 is 11.2 Å². The molecule has 0 unspecified atom stereocenters. The van der Waals surface area contributed by atoms with Crippen LogP contribution in [0.25, 0.3) is 0 Å². The van der Waals surface area contributed by atoms with Crippen molar-refractivity contribution in [2.24, 2.45) is 0 Å². The third kappa shape index (κ3) is 2.66. The van der Waals surface area contributed by atoms with E-state index in [9.17, 15) is 9.59 Å². The Kier molecular flexibility index (Phi) is 3.82. The molecule has 1 aromatic heterocycles. The number of nitrogens with zero attached hydrogens (tertiary/aromatic N) is 1. The van der Waals surface area contributed by atoms with Crippen molar-refractivity contribution in [2.45, 2.75) is 13.0 Å². The Balaban J connectivity index is 2.82. The highest BCUT2D eigenvalue weighted by Gasteiger charge is 2.00.